The van der Waals surface area contributed by atoms with E-state index in [4.69, 9.17) is 11.5 Å². The van der Waals surface area contributed by atoms with E-state index in [0.717, 1.165) is 6.42 Å². The number of carbonyl (C=O) groups is 2. The maximum absolute atomic E-state index is 11.5. The molecule has 1 aliphatic carbocycles. The lowest BCUT2D eigenvalue weighted by molar-refractivity contribution is -0.153. The molecule has 0 spiro atoms. The Morgan fingerprint density at radius 2 is 2.18 bits per heavy atom. The van der Waals surface area contributed by atoms with E-state index in [9.17, 15) is 9.59 Å². The zero-order valence-electron chi connectivity index (χ0n) is 9.95. The van der Waals surface area contributed by atoms with Gasteiger partial charge in [0.25, 0.3) is 0 Å². The smallest absolute Gasteiger partial charge is 0.315 e. The van der Waals surface area contributed by atoms with Crippen LogP contribution in [0, 0.1) is 17.8 Å². The summed E-state index contributed by atoms with van der Waals surface area (Å²) in [5.41, 5.74) is -0.757. The Morgan fingerprint density at radius 1 is 1.53 bits per heavy atom. The first-order valence-corrected chi connectivity index (χ1v) is 5.71. The summed E-state index contributed by atoms with van der Waals surface area (Å²) in [5, 5.41) is 14.3. The fraction of sp³-hybridized carbons (Fsp3) is 0.667. The zero-order valence-corrected chi connectivity index (χ0v) is 9.95. The van der Waals surface area contributed by atoms with Gasteiger partial charge in [0.15, 0.2) is 0 Å². The second kappa shape index (κ2) is 5.58. The number of hydrogen-bond donors (Lipinski definition) is 3. The molecule has 3 N–H and O–H groups in total. The van der Waals surface area contributed by atoms with E-state index in [1.165, 1.54) is 0 Å². The lowest BCUT2D eigenvalue weighted by Crippen LogP contribution is -2.50. The predicted molar refractivity (Wildman–Crippen MR) is 63.4 cm³/mol. The molecule has 1 rings (SSSR count). The molecule has 0 bridgehead atoms. The molecule has 0 aliphatic heterocycles. The van der Waals surface area contributed by atoms with Crippen LogP contribution in [0.1, 0.15) is 32.6 Å². The fourth-order valence-corrected chi connectivity index (χ4v) is 1.82. The molecule has 1 saturated carbocycles. The molecule has 0 heterocycles. The van der Waals surface area contributed by atoms with Gasteiger partial charge in [-0.3, -0.25) is 4.79 Å². The van der Waals surface area contributed by atoms with Crippen LogP contribution < -0.4 is 10.6 Å². The fourth-order valence-electron chi connectivity index (χ4n) is 1.82. The highest BCUT2D eigenvalue weighted by Gasteiger charge is 2.44. The van der Waals surface area contributed by atoms with Gasteiger partial charge in [-0.15, -0.1) is 12.3 Å². The van der Waals surface area contributed by atoms with Crippen molar-refractivity contribution in [1.29, 1.82) is 0 Å². The molecule has 1 atom stereocenters. The van der Waals surface area contributed by atoms with Crippen molar-refractivity contribution in [3.63, 3.8) is 0 Å². The van der Waals surface area contributed by atoms with E-state index in [0.29, 0.717) is 19.3 Å². The molecule has 1 unspecified atom stereocenters. The standard InChI is InChI=1S/C12H18N2O3/c1-3-5-9(2)14-11(17)13-8-12(10(15)16)6-4-7-12/h1,9H,4-8H2,2H3,(H,15,16)(H2,13,14,17). The van der Waals surface area contributed by atoms with Gasteiger partial charge >= 0.3 is 12.0 Å². The summed E-state index contributed by atoms with van der Waals surface area (Å²) < 4.78 is 0. The molecular formula is C12H18N2O3. The molecule has 5 nitrogen and oxygen atoms in total. The van der Waals surface area contributed by atoms with Crippen molar-refractivity contribution >= 4 is 12.0 Å². The minimum atomic E-state index is -0.833. The van der Waals surface area contributed by atoms with E-state index in [1.807, 2.05) is 0 Å². The van der Waals surface area contributed by atoms with Gasteiger partial charge in [0.2, 0.25) is 0 Å². The monoisotopic (exact) mass is 238 g/mol. The highest BCUT2D eigenvalue weighted by Crippen LogP contribution is 2.40. The second-order valence-electron chi connectivity index (χ2n) is 4.58. The van der Waals surface area contributed by atoms with Crippen LogP contribution in [0.2, 0.25) is 0 Å². The third-order valence-corrected chi connectivity index (χ3v) is 3.15. The Balaban J connectivity index is 2.33. The summed E-state index contributed by atoms with van der Waals surface area (Å²) in [6.07, 6.45) is 7.74. The number of aliphatic carboxylic acids is 1. The van der Waals surface area contributed by atoms with Crippen LogP contribution in [0.4, 0.5) is 4.79 Å². The number of rotatable bonds is 5. The van der Waals surface area contributed by atoms with Crippen LogP contribution in [-0.4, -0.2) is 29.7 Å². The minimum Gasteiger partial charge on any atom is -0.481 e. The highest BCUT2D eigenvalue weighted by atomic mass is 16.4. The van der Waals surface area contributed by atoms with E-state index in [2.05, 4.69) is 16.6 Å². The molecular weight excluding hydrogens is 220 g/mol. The third kappa shape index (κ3) is 3.38. The zero-order chi connectivity index (χ0) is 12.9. The van der Waals surface area contributed by atoms with E-state index < -0.39 is 11.4 Å². The third-order valence-electron chi connectivity index (χ3n) is 3.15. The normalized spacial score (nSPS) is 18.4. The Morgan fingerprint density at radius 3 is 2.59 bits per heavy atom. The van der Waals surface area contributed by atoms with Crippen LogP contribution in [0.25, 0.3) is 0 Å². The van der Waals surface area contributed by atoms with Crippen LogP contribution in [-0.2, 0) is 4.79 Å². The molecule has 1 aliphatic rings. The van der Waals surface area contributed by atoms with Gasteiger partial charge in [0.05, 0.1) is 5.41 Å². The molecule has 0 aromatic carbocycles. The number of nitrogens with one attached hydrogen (secondary N) is 2. The largest absolute Gasteiger partial charge is 0.481 e. The lowest BCUT2D eigenvalue weighted by Gasteiger charge is -2.37. The first-order valence-electron chi connectivity index (χ1n) is 5.71. The van der Waals surface area contributed by atoms with Gasteiger partial charge in [-0.25, -0.2) is 4.79 Å². The van der Waals surface area contributed by atoms with Gasteiger partial charge < -0.3 is 15.7 Å². The molecule has 2 amide bonds. The van der Waals surface area contributed by atoms with Gasteiger partial charge in [-0.1, -0.05) is 6.42 Å². The molecule has 0 saturated heterocycles. The molecule has 5 heteroatoms. The Bertz CT molecular complexity index is 342. The van der Waals surface area contributed by atoms with Crippen molar-refractivity contribution in [1.82, 2.24) is 10.6 Å². The van der Waals surface area contributed by atoms with E-state index >= 15 is 0 Å². The summed E-state index contributed by atoms with van der Waals surface area (Å²) in [5.74, 6) is 1.62. The van der Waals surface area contributed by atoms with Crippen molar-refractivity contribution in [2.75, 3.05) is 6.54 Å². The van der Waals surface area contributed by atoms with Crippen molar-refractivity contribution < 1.29 is 14.7 Å². The maximum Gasteiger partial charge on any atom is 0.315 e. The van der Waals surface area contributed by atoms with Crippen LogP contribution in [0.3, 0.4) is 0 Å². The number of carbonyl (C=O) groups excluding carboxylic acids is 1. The van der Waals surface area contributed by atoms with E-state index in [-0.39, 0.29) is 18.6 Å². The molecule has 0 aromatic rings. The van der Waals surface area contributed by atoms with Gasteiger partial charge in [0.1, 0.15) is 0 Å². The quantitative estimate of drug-likeness (QED) is 0.624. The summed E-state index contributed by atoms with van der Waals surface area (Å²) >= 11 is 0. The Kier molecular flexibility index (Phi) is 4.38. The first-order chi connectivity index (χ1) is 8.00. The highest BCUT2D eigenvalue weighted by molar-refractivity contribution is 5.78. The number of amides is 2. The molecule has 17 heavy (non-hydrogen) atoms. The Hall–Kier alpha value is -1.70. The maximum atomic E-state index is 11.5. The number of urea groups is 1. The van der Waals surface area contributed by atoms with Crippen molar-refractivity contribution in [3.8, 4) is 12.3 Å². The van der Waals surface area contributed by atoms with Gasteiger partial charge in [0, 0.05) is 19.0 Å². The van der Waals surface area contributed by atoms with Gasteiger partial charge in [-0.05, 0) is 19.8 Å². The van der Waals surface area contributed by atoms with Crippen LogP contribution in [0.5, 0.6) is 0 Å². The van der Waals surface area contributed by atoms with E-state index in [1.54, 1.807) is 6.92 Å². The van der Waals surface area contributed by atoms with Crippen LogP contribution in [0.15, 0.2) is 0 Å². The minimum absolute atomic E-state index is 0.109. The summed E-state index contributed by atoms with van der Waals surface area (Å²) in [6, 6.07) is -0.470. The summed E-state index contributed by atoms with van der Waals surface area (Å²) in [4.78, 5) is 22.5. The predicted octanol–water partition coefficient (Wildman–Crippen LogP) is 0.952. The number of carboxylic acids is 1. The summed E-state index contributed by atoms with van der Waals surface area (Å²) in [7, 11) is 0. The van der Waals surface area contributed by atoms with Crippen molar-refractivity contribution in [2.24, 2.45) is 5.41 Å². The second-order valence-corrected chi connectivity index (χ2v) is 4.58. The molecule has 0 radical (unpaired) electrons. The average Bonchev–Trinajstić information content (AvgIpc) is 2.15. The summed E-state index contributed by atoms with van der Waals surface area (Å²) in [6.45, 7) is 1.98. The molecule has 0 aromatic heterocycles. The lowest BCUT2D eigenvalue weighted by atomic mass is 9.69. The van der Waals surface area contributed by atoms with Crippen molar-refractivity contribution in [2.45, 2.75) is 38.6 Å². The SMILES string of the molecule is C#CCC(C)NC(=O)NCC1(C(=O)O)CCC1. The molecule has 94 valence electrons. The van der Waals surface area contributed by atoms with Crippen LogP contribution >= 0.6 is 0 Å². The topological polar surface area (TPSA) is 78.4 Å². The number of carboxylic acid groups (broad SMARTS) is 1. The van der Waals surface area contributed by atoms with Gasteiger partial charge in [-0.2, -0.15) is 0 Å². The first kappa shape index (κ1) is 13.4. The number of terminal acetylenes is 1. The number of hydrogen-bond acceptors (Lipinski definition) is 2. The molecule has 1 fully saturated rings. The Labute approximate surface area is 101 Å². The average molecular weight is 238 g/mol. The van der Waals surface area contributed by atoms with Crippen molar-refractivity contribution in [3.05, 3.63) is 0 Å².